The third-order valence-corrected chi connectivity index (χ3v) is 4.46. The van der Waals surface area contributed by atoms with Crippen LogP contribution in [0.5, 0.6) is 0 Å². The van der Waals surface area contributed by atoms with Gasteiger partial charge in [0.25, 0.3) is 0 Å². The van der Waals surface area contributed by atoms with Crippen LogP contribution < -0.4 is 0 Å². The van der Waals surface area contributed by atoms with Crippen molar-refractivity contribution in [3.8, 4) is 0 Å². The van der Waals surface area contributed by atoms with Crippen LogP contribution in [0.3, 0.4) is 0 Å². The molecule has 0 aliphatic heterocycles. The molecule has 0 unspecified atom stereocenters. The number of methoxy groups -OCH3 is 1. The molecular weight excluding hydrogens is 319 g/mol. The summed E-state index contributed by atoms with van der Waals surface area (Å²) in [4.78, 5) is 14.5. The minimum Gasteiger partial charge on any atom is -0.460 e. The summed E-state index contributed by atoms with van der Waals surface area (Å²) in [5, 5.41) is 0. The molecule has 0 atom stereocenters. The molecule has 0 N–H and O–H groups in total. The van der Waals surface area contributed by atoms with E-state index in [9.17, 15) is 9.36 Å². The van der Waals surface area contributed by atoms with Crippen LogP contribution in [0.1, 0.15) is 25.0 Å². The summed E-state index contributed by atoms with van der Waals surface area (Å²) in [5.41, 5.74) is 9.73. The number of carbonyl (C=O) groups excluding carboxylic acids is 1. The third kappa shape index (κ3) is 5.58. The SMILES string of the molecule is CCOP(=O)(/C=C/c1cccc(C(=[N+]=[N-])C(=O)OC)c1)OCC. The molecule has 0 heterocycles. The van der Waals surface area contributed by atoms with E-state index in [1.54, 1.807) is 44.2 Å². The number of ether oxygens (including phenoxy) is 1. The van der Waals surface area contributed by atoms with Gasteiger partial charge in [0, 0.05) is 5.82 Å². The predicted molar refractivity (Wildman–Crippen MR) is 86.1 cm³/mol. The van der Waals surface area contributed by atoms with Crippen molar-refractivity contribution < 1.29 is 27.9 Å². The molecule has 0 aromatic heterocycles. The molecule has 0 aliphatic rings. The first-order chi connectivity index (χ1) is 11.0. The summed E-state index contributed by atoms with van der Waals surface area (Å²) < 4.78 is 27.2. The summed E-state index contributed by atoms with van der Waals surface area (Å²) in [6.07, 6.45) is 1.56. The van der Waals surface area contributed by atoms with Gasteiger partial charge >= 0.3 is 19.3 Å². The highest BCUT2D eigenvalue weighted by Gasteiger charge is 2.24. The molecule has 0 saturated heterocycles. The Bertz CT molecular complexity index is 670. The number of carbonyl (C=O) groups is 1. The highest BCUT2D eigenvalue weighted by atomic mass is 31.2. The number of nitrogens with zero attached hydrogens (tertiary/aromatic N) is 2. The lowest BCUT2D eigenvalue weighted by molar-refractivity contribution is -0.137. The van der Waals surface area contributed by atoms with Crippen molar-refractivity contribution in [2.45, 2.75) is 13.8 Å². The monoisotopic (exact) mass is 338 g/mol. The van der Waals surface area contributed by atoms with E-state index in [1.165, 1.54) is 12.9 Å². The van der Waals surface area contributed by atoms with Gasteiger partial charge < -0.3 is 19.3 Å². The third-order valence-electron chi connectivity index (χ3n) is 2.71. The van der Waals surface area contributed by atoms with Gasteiger partial charge in [0.05, 0.1) is 25.9 Å². The van der Waals surface area contributed by atoms with Gasteiger partial charge in [-0.1, -0.05) is 12.1 Å². The normalized spacial score (nSPS) is 11.3. The highest BCUT2D eigenvalue weighted by molar-refractivity contribution is 7.57. The van der Waals surface area contributed by atoms with E-state index >= 15 is 0 Å². The Hall–Kier alpha value is -2.04. The molecule has 1 aromatic rings. The molecule has 7 nitrogen and oxygen atoms in total. The van der Waals surface area contributed by atoms with Crippen molar-refractivity contribution >= 4 is 25.4 Å². The quantitative estimate of drug-likeness (QED) is 0.238. The summed E-state index contributed by atoms with van der Waals surface area (Å²) in [5.74, 6) is 0.593. The topological polar surface area (TPSA) is 98.2 Å². The molecular formula is C15H19N2O5P. The zero-order valence-corrected chi connectivity index (χ0v) is 14.2. The second-order valence-electron chi connectivity index (χ2n) is 4.26. The standard InChI is InChI=1S/C15H19N2O5P/c1-4-21-23(19,22-5-2)10-9-12-7-6-8-13(11-12)14(17-16)15(18)20-3/h6-11H,4-5H2,1-3H3/b10-9+. The van der Waals surface area contributed by atoms with Gasteiger partial charge in [-0.3, -0.25) is 4.57 Å². The van der Waals surface area contributed by atoms with Crippen LogP contribution in [-0.4, -0.2) is 36.8 Å². The smallest absolute Gasteiger partial charge is 0.422 e. The fourth-order valence-electron chi connectivity index (χ4n) is 1.76. The van der Waals surface area contributed by atoms with Gasteiger partial charge in [-0.05, 0) is 37.6 Å². The number of benzene rings is 1. The number of rotatable bonds is 8. The van der Waals surface area contributed by atoms with Crippen LogP contribution in [0.4, 0.5) is 0 Å². The Kier molecular flexibility index (Phi) is 7.59. The molecule has 23 heavy (non-hydrogen) atoms. The van der Waals surface area contributed by atoms with Gasteiger partial charge in [-0.2, -0.15) is 4.79 Å². The molecule has 1 rings (SSSR count). The molecule has 0 radical (unpaired) electrons. The van der Waals surface area contributed by atoms with Crippen molar-refractivity contribution in [3.05, 3.63) is 46.7 Å². The van der Waals surface area contributed by atoms with Crippen molar-refractivity contribution in [1.29, 1.82) is 0 Å². The average molecular weight is 338 g/mol. The largest absolute Gasteiger partial charge is 0.460 e. The summed E-state index contributed by atoms with van der Waals surface area (Å²) in [6.45, 7) is 3.96. The van der Waals surface area contributed by atoms with Crippen LogP contribution in [-0.2, 0) is 23.1 Å². The van der Waals surface area contributed by atoms with Gasteiger partial charge in [-0.15, -0.1) is 0 Å². The fourth-order valence-corrected chi connectivity index (χ4v) is 3.08. The Labute approximate surface area is 135 Å². The van der Waals surface area contributed by atoms with E-state index in [0.717, 1.165) is 0 Å². The van der Waals surface area contributed by atoms with E-state index in [2.05, 4.69) is 9.53 Å². The maximum Gasteiger partial charge on any atom is 0.422 e. The number of esters is 1. The van der Waals surface area contributed by atoms with Gasteiger partial charge in [-0.25, -0.2) is 4.79 Å². The van der Waals surface area contributed by atoms with E-state index in [4.69, 9.17) is 14.6 Å². The van der Waals surface area contributed by atoms with E-state index in [-0.39, 0.29) is 18.9 Å². The van der Waals surface area contributed by atoms with Crippen molar-refractivity contribution in [2.24, 2.45) is 0 Å². The minimum atomic E-state index is -3.31. The first-order valence-corrected chi connectivity index (χ1v) is 8.59. The molecule has 0 bridgehead atoms. The summed E-state index contributed by atoms with van der Waals surface area (Å²) >= 11 is 0. The van der Waals surface area contributed by atoms with E-state index in [0.29, 0.717) is 11.1 Å². The van der Waals surface area contributed by atoms with Crippen LogP contribution in [0.2, 0.25) is 0 Å². The molecule has 124 valence electrons. The molecule has 1 aromatic carbocycles. The Morgan fingerprint density at radius 1 is 1.30 bits per heavy atom. The Morgan fingerprint density at radius 2 is 1.96 bits per heavy atom. The second-order valence-corrected chi connectivity index (χ2v) is 6.15. The molecule has 0 fully saturated rings. The lowest BCUT2D eigenvalue weighted by atomic mass is 10.1. The molecule has 0 saturated carbocycles. The Morgan fingerprint density at radius 3 is 2.48 bits per heavy atom. The highest BCUT2D eigenvalue weighted by Crippen LogP contribution is 2.50. The number of hydrogen-bond acceptors (Lipinski definition) is 5. The first kappa shape index (κ1) is 19.0. The maximum absolute atomic E-state index is 12.3. The minimum absolute atomic E-state index is 0.222. The molecule has 0 amide bonds. The van der Waals surface area contributed by atoms with Gasteiger partial charge in [0.15, 0.2) is 0 Å². The lowest BCUT2D eigenvalue weighted by Gasteiger charge is -2.12. The van der Waals surface area contributed by atoms with Gasteiger partial charge in [0.1, 0.15) is 0 Å². The van der Waals surface area contributed by atoms with E-state index < -0.39 is 13.6 Å². The van der Waals surface area contributed by atoms with Gasteiger partial charge in [0.2, 0.25) is 0 Å². The zero-order chi connectivity index (χ0) is 17.3. The summed E-state index contributed by atoms with van der Waals surface area (Å²) in [7, 11) is -2.12. The Balaban J connectivity index is 3.09. The zero-order valence-electron chi connectivity index (χ0n) is 13.3. The average Bonchev–Trinajstić information content (AvgIpc) is 2.54. The molecule has 0 aliphatic carbocycles. The van der Waals surface area contributed by atoms with E-state index in [1.807, 2.05) is 0 Å². The molecule has 0 spiro atoms. The van der Waals surface area contributed by atoms with Crippen LogP contribution in [0.25, 0.3) is 11.6 Å². The summed E-state index contributed by atoms with van der Waals surface area (Å²) in [6, 6.07) is 6.57. The molecule has 8 heteroatoms. The van der Waals surface area contributed by atoms with Crippen LogP contribution in [0, 0.1) is 0 Å². The maximum atomic E-state index is 12.3. The number of hydrogen-bond donors (Lipinski definition) is 0. The van der Waals surface area contributed by atoms with Crippen molar-refractivity contribution in [2.75, 3.05) is 20.3 Å². The van der Waals surface area contributed by atoms with Crippen LogP contribution in [0.15, 0.2) is 30.1 Å². The van der Waals surface area contributed by atoms with Crippen LogP contribution >= 0.6 is 7.60 Å². The first-order valence-electron chi connectivity index (χ1n) is 6.98. The lowest BCUT2D eigenvalue weighted by Crippen LogP contribution is -2.18. The fraction of sp³-hybridized carbons (Fsp3) is 0.333. The predicted octanol–water partition coefficient (Wildman–Crippen LogP) is 3.12. The van der Waals surface area contributed by atoms with Crippen molar-refractivity contribution in [1.82, 2.24) is 0 Å². The van der Waals surface area contributed by atoms with Crippen molar-refractivity contribution in [3.63, 3.8) is 0 Å². The second kappa shape index (κ2) is 9.18.